The van der Waals surface area contributed by atoms with Gasteiger partial charge in [-0.3, -0.25) is 9.59 Å². The SMILES string of the molecule is CC(C)[C@H](CC(=O)O)NC(=O)CCCCCNC(=O)OCC1c2ccccc2-c2ccccc21. The van der Waals surface area contributed by atoms with Gasteiger partial charge in [0.05, 0.1) is 6.42 Å². The molecule has 0 aliphatic heterocycles. The van der Waals surface area contributed by atoms with E-state index in [1.807, 2.05) is 38.1 Å². The Labute approximate surface area is 200 Å². The zero-order valence-electron chi connectivity index (χ0n) is 19.9. The van der Waals surface area contributed by atoms with Crippen molar-refractivity contribution in [1.29, 1.82) is 0 Å². The Morgan fingerprint density at radius 2 is 1.56 bits per heavy atom. The van der Waals surface area contributed by atoms with Crippen LogP contribution in [0.3, 0.4) is 0 Å². The van der Waals surface area contributed by atoms with Crippen molar-refractivity contribution in [2.75, 3.05) is 13.2 Å². The van der Waals surface area contributed by atoms with Crippen LogP contribution in [-0.4, -0.2) is 42.3 Å². The summed E-state index contributed by atoms with van der Waals surface area (Å²) in [5.74, 6) is -0.961. The highest BCUT2D eigenvalue weighted by atomic mass is 16.5. The van der Waals surface area contributed by atoms with Crippen LogP contribution >= 0.6 is 0 Å². The van der Waals surface area contributed by atoms with Gasteiger partial charge in [0.25, 0.3) is 0 Å². The minimum atomic E-state index is -0.918. The number of amides is 2. The van der Waals surface area contributed by atoms with Gasteiger partial charge in [0.2, 0.25) is 5.91 Å². The van der Waals surface area contributed by atoms with Gasteiger partial charge in [-0.25, -0.2) is 4.79 Å². The smallest absolute Gasteiger partial charge is 0.407 e. The molecule has 3 N–H and O–H groups in total. The maximum Gasteiger partial charge on any atom is 0.407 e. The zero-order valence-corrected chi connectivity index (χ0v) is 19.9. The van der Waals surface area contributed by atoms with Crippen molar-refractivity contribution in [1.82, 2.24) is 10.6 Å². The van der Waals surface area contributed by atoms with E-state index in [4.69, 9.17) is 9.84 Å². The summed E-state index contributed by atoms with van der Waals surface area (Å²) in [7, 11) is 0. The molecule has 0 radical (unpaired) electrons. The molecule has 0 bridgehead atoms. The first kappa shape index (κ1) is 25.3. The molecule has 3 rings (SSSR count). The fraction of sp³-hybridized carbons (Fsp3) is 0.444. The van der Waals surface area contributed by atoms with Gasteiger partial charge in [-0.05, 0) is 41.0 Å². The third-order valence-electron chi connectivity index (χ3n) is 6.24. The minimum absolute atomic E-state index is 0.0347. The fourth-order valence-corrected chi connectivity index (χ4v) is 4.35. The number of ether oxygens (including phenoxy) is 1. The minimum Gasteiger partial charge on any atom is -0.481 e. The van der Waals surface area contributed by atoms with E-state index in [1.54, 1.807) is 0 Å². The Balaban J connectivity index is 1.33. The number of hydrogen-bond acceptors (Lipinski definition) is 4. The first-order chi connectivity index (χ1) is 16.4. The lowest BCUT2D eigenvalue weighted by Crippen LogP contribution is -2.40. The summed E-state index contributed by atoms with van der Waals surface area (Å²) in [6.45, 7) is 4.55. The van der Waals surface area contributed by atoms with Crippen molar-refractivity contribution < 1.29 is 24.2 Å². The van der Waals surface area contributed by atoms with Gasteiger partial charge >= 0.3 is 12.1 Å². The van der Waals surface area contributed by atoms with Crippen molar-refractivity contribution in [3.63, 3.8) is 0 Å². The van der Waals surface area contributed by atoms with E-state index in [-0.39, 0.29) is 36.8 Å². The molecule has 0 unspecified atom stereocenters. The molecule has 7 heteroatoms. The molecule has 0 saturated heterocycles. The summed E-state index contributed by atoms with van der Waals surface area (Å²) in [6, 6.07) is 16.1. The van der Waals surface area contributed by atoms with Crippen molar-refractivity contribution in [2.45, 2.75) is 57.9 Å². The third-order valence-corrected chi connectivity index (χ3v) is 6.24. The van der Waals surface area contributed by atoms with Crippen LogP contribution < -0.4 is 10.6 Å². The van der Waals surface area contributed by atoms with E-state index in [0.717, 1.165) is 12.8 Å². The number of carbonyl (C=O) groups excluding carboxylic acids is 2. The summed E-state index contributed by atoms with van der Waals surface area (Å²) in [6.07, 6.45) is 2.02. The van der Waals surface area contributed by atoms with Gasteiger partial charge < -0.3 is 20.5 Å². The van der Waals surface area contributed by atoms with Crippen LogP contribution in [0, 0.1) is 5.92 Å². The van der Waals surface area contributed by atoms with Gasteiger partial charge in [0.15, 0.2) is 0 Å². The number of carboxylic acid groups (broad SMARTS) is 1. The monoisotopic (exact) mass is 466 g/mol. The van der Waals surface area contributed by atoms with Gasteiger partial charge in [0, 0.05) is 24.9 Å². The lowest BCUT2D eigenvalue weighted by Gasteiger charge is -2.20. The molecule has 1 aliphatic carbocycles. The molecule has 1 atom stereocenters. The number of carboxylic acids is 1. The third kappa shape index (κ3) is 6.83. The first-order valence-electron chi connectivity index (χ1n) is 12.0. The number of rotatable bonds is 12. The van der Waals surface area contributed by atoms with E-state index >= 15 is 0 Å². The fourth-order valence-electron chi connectivity index (χ4n) is 4.35. The van der Waals surface area contributed by atoms with Gasteiger partial charge in [-0.15, -0.1) is 0 Å². The topological polar surface area (TPSA) is 105 Å². The highest BCUT2D eigenvalue weighted by Gasteiger charge is 2.29. The Morgan fingerprint density at radius 1 is 0.941 bits per heavy atom. The normalized spacial score (nSPS) is 13.1. The van der Waals surface area contributed by atoms with Gasteiger partial charge in [0.1, 0.15) is 6.61 Å². The molecule has 2 aromatic carbocycles. The maximum absolute atomic E-state index is 12.2. The Hall–Kier alpha value is -3.35. The van der Waals surface area contributed by atoms with Crippen LogP contribution in [0.5, 0.6) is 0 Å². The highest BCUT2D eigenvalue weighted by molar-refractivity contribution is 5.79. The second kappa shape index (κ2) is 12.2. The number of benzene rings is 2. The zero-order chi connectivity index (χ0) is 24.5. The molecule has 2 amide bonds. The highest BCUT2D eigenvalue weighted by Crippen LogP contribution is 2.44. The Bertz CT molecular complexity index is 959. The van der Waals surface area contributed by atoms with Crippen LogP contribution in [0.4, 0.5) is 4.79 Å². The number of unbranched alkanes of at least 4 members (excludes halogenated alkanes) is 2. The lowest BCUT2D eigenvalue weighted by atomic mass is 9.98. The molecule has 7 nitrogen and oxygen atoms in total. The van der Waals surface area contributed by atoms with Crippen LogP contribution in [0.15, 0.2) is 48.5 Å². The molecule has 0 heterocycles. The maximum atomic E-state index is 12.2. The Kier molecular flexibility index (Phi) is 9.08. The van der Waals surface area contributed by atoms with E-state index in [9.17, 15) is 14.4 Å². The van der Waals surface area contributed by atoms with Crippen molar-refractivity contribution in [2.24, 2.45) is 5.92 Å². The van der Waals surface area contributed by atoms with E-state index in [0.29, 0.717) is 19.4 Å². The van der Waals surface area contributed by atoms with Crippen molar-refractivity contribution in [3.05, 3.63) is 59.7 Å². The first-order valence-corrected chi connectivity index (χ1v) is 12.0. The summed E-state index contributed by atoms with van der Waals surface area (Å²) in [5.41, 5.74) is 4.74. The molecule has 182 valence electrons. The second-order valence-corrected chi connectivity index (χ2v) is 9.08. The number of hydrogen-bond donors (Lipinski definition) is 3. The molecule has 0 saturated carbocycles. The summed E-state index contributed by atoms with van der Waals surface area (Å²) in [4.78, 5) is 35.2. The molecule has 0 aromatic heterocycles. The number of fused-ring (bicyclic) bond motifs is 3. The second-order valence-electron chi connectivity index (χ2n) is 9.08. The average molecular weight is 467 g/mol. The standard InChI is InChI=1S/C27H34N2O5/c1-18(2)24(16-26(31)32)29-25(30)14-4-3-9-15-28-27(33)34-17-23-21-12-7-5-10-19(21)20-11-6-8-13-22(20)23/h5-8,10-13,18,23-24H,3-4,9,14-17H2,1-2H3,(H,28,33)(H,29,30)(H,31,32)/t24-/m0/s1. The molecular weight excluding hydrogens is 432 g/mol. The van der Waals surface area contributed by atoms with Crippen molar-refractivity contribution in [3.8, 4) is 11.1 Å². The number of aliphatic carboxylic acids is 1. The number of nitrogens with one attached hydrogen (secondary N) is 2. The van der Waals surface area contributed by atoms with Gasteiger partial charge in [-0.2, -0.15) is 0 Å². The van der Waals surface area contributed by atoms with E-state index < -0.39 is 12.1 Å². The van der Waals surface area contributed by atoms with E-state index in [2.05, 4.69) is 34.9 Å². The predicted molar refractivity (Wildman–Crippen MR) is 131 cm³/mol. The van der Waals surface area contributed by atoms with Crippen LogP contribution in [0.2, 0.25) is 0 Å². The largest absolute Gasteiger partial charge is 0.481 e. The Morgan fingerprint density at radius 3 is 2.15 bits per heavy atom. The predicted octanol–water partition coefficient (Wildman–Crippen LogP) is 4.70. The summed E-state index contributed by atoms with van der Waals surface area (Å²) >= 11 is 0. The van der Waals surface area contributed by atoms with Crippen molar-refractivity contribution >= 4 is 18.0 Å². The molecule has 2 aromatic rings. The van der Waals surface area contributed by atoms with Gasteiger partial charge in [-0.1, -0.05) is 68.8 Å². The quantitative estimate of drug-likeness (QED) is 0.393. The number of carbonyl (C=O) groups is 3. The summed E-state index contributed by atoms with van der Waals surface area (Å²) < 4.78 is 5.52. The molecule has 0 fully saturated rings. The van der Waals surface area contributed by atoms with Crippen LogP contribution in [0.1, 0.15) is 63.0 Å². The molecular formula is C27H34N2O5. The number of alkyl carbamates (subject to hydrolysis) is 1. The van der Waals surface area contributed by atoms with E-state index in [1.165, 1.54) is 22.3 Å². The summed E-state index contributed by atoms with van der Waals surface area (Å²) in [5, 5.41) is 14.5. The average Bonchev–Trinajstić information content (AvgIpc) is 3.13. The molecule has 1 aliphatic rings. The van der Waals surface area contributed by atoms with Crippen LogP contribution in [-0.2, 0) is 14.3 Å². The lowest BCUT2D eigenvalue weighted by molar-refractivity contribution is -0.138. The van der Waals surface area contributed by atoms with Crippen LogP contribution in [0.25, 0.3) is 11.1 Å². The molecule has 34 heavy (non-hydrogen) atoms. The molecule has 0 spiro atoms.